The van der Waals surface area contributed by atoms with Crippen LogP contribution in [0.3, 0.4) is 0 Å². The summed E-state index contributed by atoms with van der Waals surface area (Å²) in [6.07, 6.45) is 0. The summed E-state index contributed by atoms with van der Waals surface area (Å²) in [5, 5.41) is 8.60. The van der Waals surface area contributed by atoms with Gasteiger partial charge in [-0.3, -0.25) is 0 Å². The molecular weight excluding hydrogens is 711 g/mol. The van der Waals surface area contributed by atoms with E-state index in [-0.39, 0.29) is 0 Å². The summed E-state index contributed by atoms with van der Waals surface area (Å²) in [5.74, 6) is 0. The standard InChI is InChI=1S/C58H37N/c1-4-18-38(19-5-1)53-43-24-10-12-26-45(43)54(46-27-13-11-25-44(46)53)39-32-34-40(35-33-39)57-49-36-37-51-56(55(49)48-29-15-17-31-52(48)59-57)47-28-14-16-30-50(47)58(51,41-20-6-2-7-21-41)42-22-8-3-9-23-42/h1-37H. The molecule has 0 amide bonds. The maximum Gasteiger partial charge on any atom is 0.0788 e. The van der Waals surface area contributed by atoms with Crippen molar-refractivity contribution in [2.75, 3.05) is 0 Å². The first kappa shape index (κ1) is 33.5. The van der Waals surface area contributed by atoms with Gasteiger partial charge in [-0.1, -0.05) is 218 Å². The van der Waals surface area contributed by atoms with Crippen molar-refractivity contribution in [3.8, 4) is 44.6 Å². The largest absolute Gasteiger partial charge is 0.247 e. The first-order valence-electron chi connectivity index (χ1n) is 20.5. The number of rotatable bonds is 5. The third-order valence-electron chi connectivity index (χ3n) is 12.7. The summed E-state index contributed by atoms with van der Waals surface area (Å²) in [7, 11) is 0. The molecule has 0 N–H and O–H groups in total. The summed E-state index contributed by atoms with van der Waals surface area (Å²) in [5.41, 5.74) is 15.3. The fourth-order valence-corrected chi connectivity index (χ4v) is 10.3. The molecule has 1 aliphatic rings. The maximum atomic E-state index is 5.46. The zero-order chi connectivity index (χ0) is 38.9. The van der Waals surface area contributed by atoms with E-state index in [0.717, 1.165) is 22.2 Å². The van der Waals surface area contributed by atoms with E-state index in [1.165, 1.54) is 88.0 Å². The second-order valence-electron chi connectivity index (χ2n) is 15.7. The molecule has 11 aromatic rings. The highest BCUT2D eigenvalue weighted by Gasteiger charge is 2.46. The molecule has 59 heavy (non-hydrogen) atoms. The molecule has 0 bridgehead atoms. The normalized spacial score (nSPS) is 12.9. The summed E-state index contributed by atoms with van der Waals surface area (Å²) < 4.78 is 0. The van der Waals surface area contributed by atoms with Gasteiger partial charge in [-0.25, -0.2) is 4.98 Å². The average molecular weight is 748 g/mol. The Labute approximate surface area is 343 Å². The summed E-state index contributed by atoms with van der Waals surface area (Å²) in [6, 6.07) is 82.2. The van der Waals surface area contributed by atoms with E-state index in [1.807, 2.05) is 0 Å². The quantitative estimate of drug-likeness (QED) is 0.126. The molecule has 0 fully saturated rings. The highest BCUT2D eigenvalue weighted by atomic mass is 14.7. The molecule has 1 nitrogen and oxygen atoms in total. The molecule has 0 unspecified atom stereocenters. The molecule has 1 aromatic heterocycles. The van der Waals surface area contributed by atoms with Crippen molar-refractivity contribution in [1.29, 1.82) is 0 Å². The van der Waals surface area contributed by atoms with E-state index in [1.54, 1.807) is 0 Å². The van der Waals surface area contributed by atoms with Gasteiger partial charge in [0, 0.05) is 21.7 Å². The summed E-state index contributed by atoms with van der Waals surface area (Å²) in [6.45, 7) is 0. The summed E-state index contributed by atoms with van der Waals surface area (Å²) >= 11 is 0. The van der Waals surface area contributed by atoms with Crippen molar-refractivity contribution in [3.05, 3.63) is 247 Å². The average Bonchev–Trinajstić information content (AvgIpc) is 3.62. The molecule has 1 aliphatic carbocycles. The van der Waals surface area contributed by atoms with Gasteiger partial charge in [0.2, 0.25) is 0 Å². The van der Waals surface area contributed by atoms with E-state index < -0.39 is 5.41 Å². The van der Waals surface area contributed by atoms with Crippen LogP contribution in [0.1, 0.15) is 22.3 Å². The van der Waals surface area contributed by atoms with Gasteiger partial charge in [-0.15, -0.1) is 0 Å². The van der Waals surface area contributed by atoms with Crippen molar-refractivity contribution < 1.29 is 0 Å². The molecule has 0 saturated heterocycles. The van der Waals surface area contributed by atoms with Gasteiger partial charge in [0.25, 0.3) is 0 Å². The highest BCUT2D eigenvalue weighted by molar-refractivity contribution is 6.22. The van der Waals surface area contributed by atoms with Gasteiger partial charge >= 0.3 is 0 Å². The van der Waals surface area contributed by atoms with Crippen molar-refractivity contribution in [2.24, 2.45) is 0 Å². The SMILES string of the molecule is c1ccc(-c2c3ccccc3c(-c3ccc(-c4nc5ccccc5c5c6c(ccc45)C(c4ccccc4)(c4ccccc4)c4ccccc4-6)cc3)c3ccccc23)cc1. The molecular formula is C58H37N. The third-order valence-corrected chi connectivity index (χ3v) is 12.7. The minimum absolute atomic E-state index is 0.476. The number of hydrogen-bond acceptors (Lipinski definition) is 1. The van der Waals surface area contributed by atoms with Gasteiger partial charge in [-0.05, 0) is 83.2 Å². The Morgan fingerprint density at radius 2 is 0.746 bits per heavy atom. The van der Waals surface area contributed by atoms with Crippen LogP contribution in [-0.2, 0) is 5.41 Å². The number of nitrogens with zero attached hydrogens (tertiary/aromatic N) is 1. The van der Waals surface area contributed by atoms with Crippen LogP contribution in [-0.4, -0.2) is 4.98 Å². The molecule has 0 atom stereocenters. The van der Waals surface area contributed by atoms with Crippen LogP contribution in [0.4, 0.5) is 0 Å². The minimum atomic E-state index is -0.476. The minimum Gasteiger partial charge on any atom is -0.247 e. The van der Waals surface area contributed by atoms with Gasteiger partial charge in [0.15, 0.2) is 0 Å². The van der Waals surface area contributed by atoms with Crippen LogP contribution in [0.2, 0.25) is 0 Å². The Morgan fingerprint density at radius 1 is 0.288 bits per heavy atom. The number of aromatic nitrogens is 1. The van der Waals surface area contributed by atoms with Gasteiger partial charge in [0.05, 0.1) is 16.6 Å². The first-order valence-corrected chi connectivity index (χ1v) is 20.5. The predicted molar refractivity (Wildman–Crippen MR) is 248 cm³/mol. The Kier molecular flexibility index (Phi) is 7.52. The summed E-state index contributed by atoms with van der Waals surface area (Å²) in [4.78, 5) is 5.46. The van der Waals surface area contributed by atoms with Gasteiger partial charge in [-0.2, -0.15) is 0 Å². The molecule has 12 rings (SSSR count). The third kappa shape index (κ3) is 4.89. The molecule has 0 saturated carbocycles. The number of fused-ring (bicyclic) bond motifs is 9. The second-order valence-corrected chi connectivity index (χ2v) is 15.7. The van der Waals surface area contributed by atoms with E-state index in [4.69, 9.17) is 4.98 Å². The number of hydrogen-bond donors (Lipinski definition) is 0. The predicted octanol–water partition coefficient (Wildman–Crippen LogP) is 15.1. The van der Waals surface area contributed by atoms with Crippen molar-refractivity contribution in [2.45, 2.75) is 5.41 Å². The maximum absolute atomic E-state index is 5.46. The lowest BCUT2D eigenvalue weighted by Gasteiger charge is -2.34. The monoisotopic (exact) mass is 747 g/mol. The fraction of sp³-hybridized carbons (Fsp3) is 0.0172. The fourth-order valence-electron chi connectivity index (χ4n) is 10.3. The lowest BCUT2D eigenvalue weighted by molar-refractivity contribution is 0.769. The van der Waals surface area contributed by atoms with E-state index in [2.05, 4.69) is 224 Å². The van der Waals surface area contributed by atoms with Gasteiger partial charge in [0.1, 0.15) is 0 Å². The Balaban J connectivity index is 1.10. The zero-order valence-corrected chi connectivity index (χ0v) is 32.3. The number of para-hydroxylation sites is 1. The zero-order valence-electron chi connectivity index (χ0n) is 32.3. The molecule has 10 aromatic carbocycles. The molecule has 1 heteroatoms. The molecule has 0 spiro atoms. The van der Waals surface area contributed by atoms with Crippen LogP contribution in [0.5, 0.6) is 0 Å². The van der Waals surface area contributed by atoms with Crippen LogP contribution < -0.4 is 0 Å². The van der Waals surface area contributed by atoms with Crippen LogP contribution >= 0.6 is 0 Å². The van der Waals surface area contributed by atoms with Gasteiger partial charge < -0.3 is 0 Å². The molecule has 0 radical (unpaired) electrons. The lowest BCUT2D eigenvalue weighted by Crippen LogP contribution is -2.28. The van der Waals surface area contributed by atoms with E-state index in [9.17, 15) is 0 Å². The van der Waals surface area contributed by atoms with Crippen LogP contribution in [0.25, 0.3) is 87.9 Å². The Morgan fingerprint density at radius 3 is 1.34 bits per heavy atom. The first-order chi connectivity index (χ1) is 29.3. The van der Waals surface area contributed by atoms with Crippen LogP contribution in [0.15, 0.2) is 224 Å². The smallest absolute Gasteiger partial charge is 0.0788 e. The van der Waals surface area contributed by atoms with E-state index in [0.29, 0.717) is 0 Å². The Bertz CT molecular complexity index is 3310. The Hall–Kier alpha value is -7.61. The molecule has 1 heterocycles. The number of benzene rings is 10. The topological polar surface area (TPSA) is 12.9 Å². The van der Waals surface area contributed by atoms with Crippen molar-refractivity contribution in [1.82, 2.24) is 4.98 Å². The molecule has 0 aliphatic heterocycles. The number of pyridine rings is 1. The van der Waals surface area contributed by atoms with Crippen molar-refractivity contribution >= 4 is 43.2 Å². The van der Waals surface area contributed by atoms with Crippen LogP contribution in [0, 0.1) is 0 Å². The lowest BCUT2D eigenvalue weighted by atomic mass is 9.67. The highest BCUT2D eigenvalue weighted by Crippen LogP contribution is 2.59. The second kappa shape index (κ2) is 13.2. The molecule has 274 valence electrons. The van der Waals surface area contributed by atoms with E-state index >= 15 is 0 Å². The van der Waals surface area contributed by atoms with Crippen molar-refractivity contribution in [3.63, 3.8) is 0 Å².